The first kappa shape index (κ1) is 11.5. The minimum Gasteiger partial charge on any atom is -0.379 e. The Morgan fingerprint density at radius 2 is 2.07 bits per heavy atom. The van der Waals surface area contributed by atoms with Gasteiger partial charge in [0.2, 0.25) is 5.91 Å². The maximum absolute atomic E-state index is 11.5. The Balaban J connectivity index is 2.17. The summed E-state index contributed by atoms with van der Waals surface area (Å²) in [5.41, 5.74) is -0.136. The highest BCUT2D eigenvalue weighted by Gasteiger charge is 2.28. The standard InChI is InChI=1S/C10H20N2O2/c1-10(2,3)11-9(13)7-12-5-8(6-12)14-4/h8H,5-7H2,1-4H3,(H,11,13). The van der Waals surface area contributed by atoms with Gasteiger partial charge in [-0.15, -0.1) is 0 Å². The molecule has 82 valence electrons. The average Bonchev–Trinajstić information content (AvgIpc) is 1.91. The molecule has 1 N–H and O–H groups in total. The molecule has 1 saturated heterocycles. The fourth-order valence-corrected chi connectivity index (χ4v) is 1.46. The minimum atomic E-state index is -0.136. The number of likely N-dealkylation sites (tertiary alicyclic amines) is 1. The first-order valence-electron chi connectivity index (χ1n) is 4.97. The van der Waals surface area contributed by atoms with Crippen LogP contribution >= 0.6 is 0 Å². The van der Waals surface area contributed by atoms with Gasteiger partial charge in [0.25, 0.3) is 0 Å². The summed E-state index contributed by atoms with van der Waals surface area (Å²) in [6, 6.07) is 0. The van der Waals surface area contributed by atoms with Gasteiger partial charge in [0, 0.05) is 25.7 Å². The van der Waals surface area contributed by atoms with Crippen molar-refractivity contribution in [3.63, 3.8) is 0 Å². The zero-order chi connectivity index (χ0) is 10.8. The van der Waals surface area contributed by atoms with Gasteiger partial charge in [0.15, 0.2) is 0 Å². The van der Waals surface area contributed by atoms with E-state index in [0.717, 1.165) is 13.1 Å². The Morgan fingerprint density at radius 1 is 1.50 bits per heavy atom. The lowest BCUT2D eigenvalue weighted by atomic mass is 10.1. The number of ether oxygens (including phenoxy) is 1. The number of hydrogen-bond donors (Lipinski definition) is 1. The van der Waals surface area contributed by atoms with Crippen molar-refractivity contribution in [1.82, 2.24) is 10.2 Å². The molecule has 0 bridgehead atoms. The second-order valence-electron chi connectivity index (χ2n) is 4.85. The molecule has 0 aliphatic carbocycles. The summed E-state index contributed by atoms with van der Waals surface area (Å²) < 4.78 is 5.13. The highest BCUT2D eigenvalue weighted by atomic mass is 16.5. The third-order valence-electron chi connectivity index (χ3n) is 2.14. The minimum absolute atomic E-state index is 0.0899. The molecule has 1 aliphatic rings. The normalized spacial score (nSPS) is 19.1. The van der Waals surface area contributed by atoms with Gasteiger partial charge in [-0.2, -0.15) is 0 Å². The Morgan fingerprint density at radius 3 is 2.50 bits per heavy atom. The number of rotatable bonds is 3. The first-order chi connectivity index (χ1) is 6.40. The second kappa shape index (κ2) is 4.28. The summed E-state index contributed by atoms with van der Waals surface area (Å²) in [7, 11) is 1.71. The lowest BCUT2D eigenvalue weighted by Gasteiger charge is -2.38. The van der Waals surface area contributed by atoms with Crippen LogP contribution in [-0.4, -0.2) is 49.2 Å². The third kappa shape index (κ3) is 3.64. The van der Waals surface area contributed by atoms with E-state index in [-0.39, 0.29) is 11.4 Å². The highest BCUT2D eigenvalue weighted by molar-refractivity contribution is 5.78. The van der Waals surface area contributed by atoms with Crippen molar-refractivity contribution in [1.29, 1.82) is 0 Å². The summed E-state index contributed by atoms with van der Waals surface area (Å²) >= 11 is 0. The molecular formula is C10H20N2O2. The van der Waals surface area contributed by atoms with Crippen molar-refractivity contribution in [3.05, 3.63) is 0 Å². The van der Waals surface area contributed by atoms with Crippen LogP contribution in [-0.2, 0) is 9.53 Å². The maximum atomic E-state index is 11.5. The van der Waals surface area contributed by atoms with Crippen LogP contribution in [0.4, 0.5) is 0 Å². The van der Waals surface area contributed by atoms with Gasteiger partial charge in [-0.3, -0.25) is 9.69 Å². The molecule has 0 atom stereocenters. The van der Waals surface area contributed by atoms with E-state index >= 15 is 0 Å². The second-order valence-corrected chi connectivity index (χ2v) is 4.85. The zero-order valence-corrected chi connectivity index (χ0v) is 9.46. The van der Waals surface area contributed by atoms with Crippen LogP contribution in [0.2, 0.25) is 0 Å². The Kier molecular flexibility index (Phi) is 3.50. The summed E-state index contributed by atoms with van der Waals surface area (Å²) in [5.74, 6) is 0.0899. The molecule has 0 radical (unpaired) electrons. The molecule has 1 aliphatic heterocycles. The molecule has 14 heavy (non-hydrogen) atoms. The average molecular weight is 200 g/mol. The van der Waals surface area contributed by atoms with E-state index in [0.29, 0.717) is 12.6 Å². The molecule has 0 aromatic carbocycles. The molecule has 0 unspecified atom stereocenters. The van der Waals surface area contributed by atoms with E-state index in [2.05, 4.69) is 10.2 Å². The fraction of sp³-hybridized carbons (Fsp3) is 0.900. The molecule has 4 heteroatoms. The first-order valence-corrected chi connectivity index (χ1v) is 4.97. The summed E-state index contributed by atoms with van der Waals surface area (Å²) in [6.07, 6.45) is 0.317. The topological polar surface area (TPSA) is 41.6 Å². The van der Waals surface area contributed by atoms with Crippen molar-refractivity contribution in [3.8, 4) is 0 Å². The van der Waals surface area contributed by atoms with Gasteiger partial charge < -0.3 is 10.1 Å². The smallest absolute Gasteiger partial charge is 0.234 e. The lowest BCUT2D eigenvalue weighted by molar-refractivity contribution is -0.127. The van der Waals surface area contributed by atoms with E-state index < -0.39 is 0 Å². The van der Waals surface area contributed by atoms with Gasteiger partial charge in [-0.1, -0.05) is 0 Å². The maximum Gasteiger partial charge on any atom is 0.234 e. The van der Waals surface area contributed by atoms with Gasteiger partial charge in [0.1, 0.15) is 0 Å². The molecule has 0 spiro atoms. The Labute approximate surface area is 85.6 Å². The number of methoxy groups -OCH3 is 1. The predicted octanol–water partition coefficient (Wildman–Crippen LogP) is 0.232. The SMILES string of the molecule is COC1CN(CC(=O)NC(C)(C)C)C1. The summed E-state index contributed by atoms with van der Waals surface area (Å²) in [6.45, 7) is 8.18. The largest absolute Gasteiger partial charge is 0.379 e. The van der Waals surface area contributed by atoms with E-state index in [9.17, 15) is 4.79 Å². The van der Waals surface area contributed by atoms with Crippen molar-refractivity contribution in [2.75, 3.05) is 26.7 Å². The quantitative estimate of drug-likeness (QED) is 0.709. The van der Waals surface area contributed by atoms with E-state index in [1.165, 1.54) is 0 Å². The Bertz CT molecular complexity index is 205. The van der Waals surface area contributed by atoms with Crippen LogP contribution in [0.3, 0.4) is 0 Å². The Hall–Kier alpha value is -0.610. The molecule has 0 aromatic rings. The van der Waals surface area contributed by atoms with Gasteiger partial charge in [0.05, 0.1) is 12.6 Å². The number of nitrogens with zero attached hydrogens (tertiary/aromatic N) is 1. The van der Waals surface area contributed by atoms with Gasteiger partial charge >= 0.3 is 0 Å². The molecule has 1 fully saturated rings. The van der Waals surface area contributed by atoms with Crippen LogP contribution in [0.25, 0.3) is 0 Å². The van der Waals surface area contributed by atoms with Crippen LogP contribution in [0.5, 0.6) is 0 Å². The van der Waals surface area contributed by atoms with Gasteiger partial charge in [-0.05, 0) is 20.8 Å². The van der Waals surface area contributed by atoms with Crippen molar-refractivity contribution in [2.45, 2.75) is 32.4 Å². The number of carbonyl (C=O) groups excluding carboxylic acids is 1. The van der Waals surface area contributed by atoms with Gasteiger partial charge in [-0.25, -0.2) is 0 Å². The van der Waals surface area contributed by atoms with Crippen LogP contribution in [0, 0.1) is 0 Å². The zero-order valence-electron chi connectivity index (χ0n) is 9.46. The molecule has 0 saturated carbocycles. The fourth-order valence-electron chi connectivity index (χ4n) is 1.46. The lowest BCUT2D eigenvalue weighted by Crippen LogP contribution is -2.56. The molecule has 1 heterocycles. The summed E-state index contributed by atoms with van der Waals surface area (Å²) in [4.78, 5) is 13.5. The van der Waals surface area contributed by atoms with Crippen LogP contribution in [0.1, 0.15) is 20.8 Å². The van der Waals surface area contributed by atoms with E-state index in [4.69, 9.17) is 4.74 Å². The highest BCUT2D eigenvalue weighted by Crippen LogP contribution is 2.09. The van der Waals surface area contributed by atoms with Crippen molar-refractivity contribution in [2.24, 2.45) is 0 Å². The predicted molar refractivity (Wildman–Crippen MR) is 55.1 cm³/mol. The monoisotopic (exact) mass is 200 g/mol. The van der Waals surface area contributed by atoms with Crippen molar-refractivity contribution >= 4 is 5.91 Å². The molecule has 4 nitrogen and oxygen atoms in total. The van der Waals surface area contributed by atoms with E-state index in [1.807, 2.05) is 20.8 Å². The number of nitrogens with one attached hydrogen (secondary N) is 1. The van der Waals surface area contributed by atoms with Crippen LogP contribution < -0.4 is 5.32 Å². The molecule has 1 rings (SSSR count). The van der Waals surface area contributed by atoms with Crippen LogP contribution in [0.15, 0.2) is 0 Å². The number of amides is 1. The molecule has 0 aromatic heterocycles. The van der Waals surface area contributed by atoms with E-state index in [1.54, 1.807) is 7.11 Å². The molecule has 1 amide bonds. The summed E-state index contributed by atoms with van der Waals surface area (Å²) in [5, 5.41) is 2.93. The number of carbonyl (C=O) groups is 1. The molecular weight excluding hydrogens is 180 g/mol. The van der Waals surface area contributed by atoms with Crippen molar-refractivity contribution < 1.29 is 9.53 Å². The third-order valence-corrected chi connectivity index (χ3v) is 2.14. The number of hydrogen-bond acceptors (Lipinski definition) is 3.